The predicted octanol–water partition coefficient (Wildman–Crippen LogP) is 3.60. The van der Waals surface area contributed by atoms with Crippen molar-refractivity contribution in [1.29, 1.82) is 0 Å². The fraction of sp³-hybridized carbons (Fsp3) is 0.571. The second-order valence-corrected chi connectivity index (χ2v) is 5.63. The lowest BCUT2D eigenvalue weighted by Gasteiger charge is -2.21. The first kappa shape index (κ1) is 10.5. The maximum absolute atomic E-state index is 5.68. The molecule has 1 heteroatoms. The molecule has 1 aromatic carbocycles. The van der Waals surface area contributed by atoms with Crippen LogP contribution in [-0.2, 0) is 12.8 Å². The van der Waals surface area contributed by atoms with Gasteiger partial charge in [0.25, 0.3) is 0 Å². The van der Waals surface area contributed by atoms with Gasteiger partial charge in [0, 0.05) is 0 Å². The van der Waals surface area contributed by atoms with Gasteiger partial charge < -0.3 is 4.74 Å². The first-order valence-electron chi connectivity index (χ1n) is 5.79. The Labute approximate surface area is 92.5 Å². The van der Waals surface area contributed by atoms with Crippen LogP contribution < -0.4 is 4.74 Å². The molecule has 1 aliphatic rings. The second-order valence-electron chi connectivity index (χ2n) is 5.63. The molecular weight excluding hydrogens is 184 g/mol. The number of hydrogen-bond acceptors (Lipinski definition) is 1. The molecule has 0 saturated carbocycles. The van der Waals surface area contributed by atoms with E-state index < -0.39 is 0 Å². The van der Waals surface area contributed by atoms with Gasteiger partial charge in [0.05, 0.1) is 6.61 Å². The summed E-state index contributed by atoms with van der Waals surface area (Å²) in [6.07, 6.45) is 3.44. The van der Waals surface area contributed by atoms with Crippen LogP contribution in [0.1, 0.15) is 38.3 Å². The van der Waals surface area contributed by atoms with Gasteiger partial charge in [0.1, 0.15) is 5.75 Å². The molecular formula is C14H20O. The monoisotopic (exact) mass is 204 g/mol. The third-order valence-electron chi connectivity index (χ3n) is 2.71. The Bertz CT molecular complexity index is 347. The summed E-state index contributed by atoms with van der Waals surface area (Å²) < 4.78 is 5.68. The van der Waals surface area contributed by atoms with Crippen LogP contribution in [0, 0.1) is 5.41 Å². The van der Waals surface area contributed by atoms with Gasteiger partial charge in [-0.1, -0.05) is 32.9 Å². The molecule has 1 nitrogen and oxygen atoms in total. The molecule has 0 aliphatic carbocycles. The van der Waals surface area contributed by atoms with Crippen molar-refractivity contribution in [2.75, 3.05) is 6.61 Å². The number of benzene rings is 1. The van der Waals surface area contributed by atoms with Crippen molar-refractivity contribution in [2.45, 2.75) is 40.0 Å². The Kier molecular flexibility index (Phi) is 2.72. The normalized spacial score (nSPS) is 15.7. The molecule has 0 bridgehead atoms. The summed E-state index contributed by atoms with van der Waals surface area (Å²) in [7, 11) is 0. The Morgan fingerprint density at radius 3 is 2.80 bits per heavy atom. The van der Waals surface area contributed by atoms with Gasteiger partial charge in [-0.25, -0.2) is 0 Å². The summed E-state index contributed by atoms with van der Waals surface area (Å²) >= 11 is 0. The highest BCUT2D eigenvalue weighted by molar-refractivity contribution is 5.39. The van der Waals surface area contributed by atoms with Crippen LogP contribution >= 0.6 is 0 Å². The number of aryl methyl sites for hydroxylation is 1. The Morgan fingerprint density at radius 2 is 2.07 bits per heavy atom. The molecule has 0 fully saturated rings. The van der Waals surface area contributed by atoms with Crippen LogP contribution in [0.4, 0.5) is 0 Å². The fourth-order valence-corrected chi connectivity index (χ4v) is 2.11. The number of hydrogen-bond donors (Lipinski definition) is 0. The zero-order chi connectivity index (χ0) is 10.9. The van der Waals surface area contributed by atoms with Crippen molar-refractivity contribution >= 4 is 0 Å². The van der Waals surface area contributed by atoms with Crippen molar-refractivity contribution in [3.8, 4) is 5.75 Å². The van der Waals surface area contributed by atoms with Gasteiger partial charge in [-0.3, -0.25) is 0 Å². The minimum atomic E-state index is 0.350. The highest BCUT2D eigenvalue weighted by atomic mass is 16.5. The van der Waals surface area contributed by atoms with Gasteiger partial charge in [-0.15, -0.1) is 0 Å². The van der Waals surface area contributed by atoms with E-state index in [9.17, 15) is 0 Å². The van der Waals surface area contributed by atoms with E-state index in [0.29, 0.717) is 5.41 Å². The molecule has 0 spiro atoms. The van der Waals surface area contributed by atoms with E-state index in [1.54, 1.807) is 0 Å². The lowest BCUT2D eigenvalue weighted by molar-refractivity contribution is 0.287. The van der Waals surface area contributed by atoms with E-state index in [1.165, 1.54) is 17.5 Å². The van der Waals surface area contributed by atoms with E-state index >= 15 is 0 Å². The predicted molar refractivity (Wildman–Crippen MR) is 63.4 cm³/mol. The summed E-state index contributed by atoms with van der Waals surface area (Å²) in [6.45, 7) is 7.69. The molecule has 82 valence electrons. The summed E-state index contributed by atoms with van der Waals surface area (Å²) in [5, 5.41) is 0. The van der Waals surface area contributed by atoms with Crippen LogP contribution in [0.25, 0.3) is 0 Å². The zero-order valence-electron chi connectivity index (χ0n) is 9.97. The van der Waals surface area contributed by atoms with E-state index in [1.807, 2.05) is 0 Å². The van der Waals surface area contributed by atoms with Crippen molar-refractivity contribution in [3.63, 3.8) is 0 Å². The second kappa shape index (κ2) is 3.88. The Balaban J connectivity index is 2.21. The van der Waals surface area contributed by atoms with Crippen molar-refractivity contribution < 1.29 is 4.74 Å². The largest absolute Gasteiger partial charge is 0.493 e. The Morgan fingerprint density at radius 1 is 1.27 bits per heavy atom. The van der Waals surface area contributed by atoms with Gasteiger partial charge >= 0.3 is 0 Å². The van der Waals surface area contributed by atoms with Crippen molar-refractivity contribution in [2.24, 2.45) is 5.41 Å². The van der Waals surface area contributed by atoms with E-state index in [0.717, 1.165) is 25.2 Å². The molecule has 0 amide bonds. The average molecular weight is 204 g/mol. The summed E-state index contributed by atoms with van der Waals surface area (Å²) in [5.41, 5.74) is 3.12. The number of rotatable bonds is 1. The first-order chi connectivity index (χ1) is 7.04. The third-order valence-corrected chi connectivity index (χ3v) is 2.71. The van der Waals surface area contributed by atoms with Crippen molar-refractivity contribution in [1.82, 2.24) is 0 Å². The molecule has 1 aromatic rings. The quantitative estimate of drug-likeness (QED) is 0.679. The summed E-state index contributed by atoms with van der Waals surface area (Å²) in [5.74, 6) is 1.11. The number of ether oxygens (including phenoxy) is 1. The molecule has 1 heterocycles. The van der Waals surface area contributed by atoms with Crippen molar-refractivity contribution in [3.05, 3.63) is 29.3 Å². The van der Waals surface area contributed by atoms with Crippen LogP contribution in [-0.4, -0.2) is 6.61 Å². The maximum Gasteiger partial charge on any atom is 0.122 e. The molecule has 0 unspecified atom stereocenters. The minimum Gasteiger partial charge on any atom is -0.493 e. The fourth-order valence-electron chi connectivity index (χ4n) is 2.11. The van der Waals surface area contributed by atoms with E-state index in [-0.39, 0.29) is 0 Å². The lowest BCUT2D eigenvalue weighted by atomic mass is 9.87. The third kappa shape index (κ3) is 2.74. The standard InChI is InChI=1S/C14H20O/c1-14(2,3)10-11-6-7-12-5-4-8-15-13(12)9-11/h6-7,9H,4-5,8,10H2,1-3H3. The minimum absolute atomic E-state index is 0.350. The molecule has 2 rings (SSSR count). The van der Waals surface area contributed by atoms with Gasteiger partial charge in [-0.05, 0) is 41.9 Å². The highest BCUT2D eigenvalue weighted by Crippen LogP contribution is 2.28. The highest BCUT2D eigenvalue weighted by Gasteiger charge is 2.14. The SMILES string of the molecule is CC(C)(C)Cc1ccc2c(c1)OCCC2. The molecule has 0 N–H and O–H groups in total. The molecule has 0 aromatic heterocycles. The summed E-state index contributed by atoms with van der Waals surface area (Å²) in [4.78, 5) is 0. The average Bonchev–Trinajstić information content (AvgIpc) is 2.15. The molecule has 0 atom stereocenters. The van der Waals surface area contributed by atoms with Crippen LogP contribution in [0.15, 0.2) is 18.2 Å². The van der Waals surface area contributed by atoms with Gasteiger partial charge in [-0.2, -0.15) is 0 Å². The van der Waals surface area contributed by atoms with E-state index in [2.05, 4.69) is 39.0 Å². The molecule has 0 radical (unpaired) electrons. The zero-order valence-corrected chi connectivity index (χ0v) is 9.97. The Hall–Kier alpha value is -0.980. The van der Waals surface area contributed by atoms with Crippen LogP contribution in [0.5, 0.6) is 5.75 Å². The van der Waals surface area contributed by atoms with Gasteiger partial charge in [0.15, 0.2) is 0 Å². The van der Waals surface area contributed by atoms with Crippen LogP contribution in [0.3, 0.4) is 0 Å². The van der Waals surface area contributed by atoms with Crippen LogP contribution in [0.2, 0.25) is 0 Å². The number of fused-ring (bicyclic) bond motifs is 1. The topological polar surface area (TPSA) is 9.23 Å². The lowest BCUT2D eigenvalue weighted by Crippen LogP contribution is -2.11. The van der Waals surface area contributed by atoms with E-state index in [4.69, 9.17) is 4.74 Å². The summed E-state index contributed by atoms with van der Waals surface area (Å²) in [6, 6.07) is 6.70. The molecule has 0 saturated heterocycles. The smallest absolute Gasteiger partial charge is 0.122 e. The van der Waals surface area contributed by atoms with Gasteiger partial charge in [0.2, 0.25) is 0 Å². The molecule has 15 heavy (non-hydrogen) atoms. The molecule has 1 aliphatic heterocycles. The first-order valence-corrected chi connectivity index (χ1v) is 5.79. The maximum atomic E-state index is 5.68.